The van der Waals surface area contributed by atoms with Crippen LogP contribution in [-0.2, 0) is 33.4 Å². The summed E-state index contributed by atoms with van der Waals surface area (Å²) in [6, 6.07) is 0. The molecule has 4 N–H and O–H groups in total. The van der Waals surface area contributed by atoms with E-state index in [0.29, 0.717) is 0 Å². The number of carbonyl (C=O) groups is 5. The van der Waals surface area contributed by atoms with Gasteiger partial charge in [0, 0.05) is 18.3 Å². The monoisotopic (exact) mass is 469 g/mol. The van der Waals surface area contributed by atoms with Crippen molar-refractivity contribution >= 4 is 29.8 Å². The third-order valence-corrected chi connectivity index (χ3v) is 5.33. The van der Waals surface area contributed by atoms with Gasteiger partial charge in [0.1, 0.15) is 17.7 Å². The van der Waals surface area contributed by atoms with Crippen LogP contribution in [0.25, 0.3) is 0 Å². The molecule has 0 aromatic rings. The van der Waals surface area contributed by atoms with E-state index in [1.165, 1.54) is 0 Å². The first-order valence-electron chi connectivity index (χ1n) is 10.6. The summed E-state index contributed by atoms with van der Waals surface area (Å²) in [5, 5.41) is 17.5. The molecule has 2 rings (SSSR count). The second-order valence-electron chi connectivity index (χ2n) is 8.88. The van der Waals surface area contributed by atoms with Crippen LogP contribution in [-0.4, -0.2) is 71.9 Å². The molecule has 2 aliphatic rings. The van der Waals surface area contributed by atoms with Gasteiger partial charge < -0.3 is 35.3 Å². The normalized spacial score (nSPS) is 27.4. The van der Waals surface area contributed by atoms with Crippen LogP contribution in [0.5, 0.6) is 0 Å². The van der Waals surface area contributed by atoms with Gasteiger partial charge in [0.05, 0.1) is 31.4 Å². The number of nitrogens with one attached hydrogen (secondary N) is 3. The number of ether oxygens (including phenoxy) is 3. The lowest BCUT2D eigenvalue weighted by molar-refractivity contribution is -0.156. The molecule has 2 aliphatic carbocycles. The molecule has 2 fully saturated rings. The van der Waals surface area contributed by atoms with Crippen LogP contribution in [0.4, 0.5) is 4.79 Å². The van der Waals surface area contributed by atoms with E-state index in [4.69, 9.17) is 14.2 Å². The van der Waals surface area contributed by atoms with Crippen molar-refractivity contribution in [2.45, 2.75) is 51.4 Å². The maximum atomic E-state index is 12.8. The quantitative estimate of drug-likeness (QED) is 0.195. The summed E-state index contributed by atoms with van der Waals surface area (Å²) in [7, 11) is 0. The number of rotatable bonds is 9. The van der Waals surface area contributed by atoms with Crippen LogP contribution in [0.15, 0.2) is 12.8 Å². The lowest BCUT2D eigenvalue weighted by Crippen LogP contribution is -2.59. The van der Waals surface area contributed by atoms with E-state index < -0.39 is 77.9 Å². The Kier molecular flexibility index (Phi) is 8.06. The van der Waals surface area contributed by atoms with Gasteiger partial charge in [-0.1, -0.05) is 6.58 Å². The minimum Gasteiger partial charge on any atom is -0.464 e. The van der Waals surface area contributed by atoms with Crippen molar-refractivity contribution in [3.8, 4) is 0 Å². The van der Waals surface area contributed by atoms with E-state index in [9.17, 15) is 29.1 Å². The zero-order valence-electron chi connectivity index (χ0n) is 19.1. The molecule has 12 heteroatoms. The number of carbonyl (C=O) groups excluding carboxylic acids is 5. The molecule has 0 radical (unpaired) electrons. The second-order valence-corrected chi connectivity index (χ2v) is 8.88. The number of alkyl carbamates (subject to hydrolysis) is 1. The standard InChI is InChI=1S/C21H31N3O9/c1-6-31-17(28)15-14-11(25)8-21(16(14)15,18(29)32-7-2)24-13(27)10-22-12(26)9-23-19(30)33-20(3,4)5/h6,11,14-16,25H,1,7-10H2,2-5H3,(H,22,26)(H,23,30)(H,24,27)/t11-,14-,15-,16-,21?/m0/s1. The zero-order valence-corrected chi connectivity index (χ0v) is 19.1. The first kappa shape index (κ1) is 26.1. The third-order valence-electron chi connectivity index (χ3n) is 5.33. The Labute approximate surface area is 191 Å². The molecule has 1 unspecified atom stereocenters. The van der Waals surface area contributed by atoms with Crippen molar-refractivity contribution in [1.82, 2.24) is 16.0 Å². The predicted molar refractivity (Wildman–Crippen MR) is 112 cm³/mol. The van der Waals surface area contributed by atoms with Crippen molar-refractivity contribution in [2.75, 3.05) is 19.7 Å². The fraction of sp³-hybridized carbons (Fsp3) is 0.667. The SMILES string of the molecule is C=COC(=O)[C@H]1[C@H]2[C@@H]1C(NC(=O)CNC(=O)CNC(=O)OC(C)(C)C)(C(=O)OCC)C[C@@H]2O. The predicted octanol–water partition coefficient (Wildman–Crippen LogP) is -0.641. The minimum atomic E-state index is -1.64. The Morgan fingerprint density at radius 2 is 1.76 bits per heavy atom. The Morgan fingerprint density at radius 3 is 2.33 bits per heavy atom. The van der Waals surface area contributed by atoms with Gasteiger partial charge in [0.2, 0.25) is 11.8 Å². The molecular weight excluding hydrogens is 438 g/mol. The maximum absolute atomic E-state index is 12.8. The van der Waals surface area contributed by atoms with Crippen LogP contribution in [0.3, 0.4) is 0 Å². The highest BCUT2D eigenvalue weighted by Gasteiger charge is 2.76. The summed E-state index contributed by atoms with van der Waals surface area (Å²) in [5.74, 6) is -4.93. The molecule has 0 spiro atoms. The zero-order chi connectivity index (χ0) is 25.0. The highest BCUT2D eigenvalue weighted by atomic mass is 16.6. The molecule has 33 heavy (non-hydrogen) atoms. The average Bonchev–Trinajstić information content (AvgIpc) is 3.39. The van der Waals surface area contributed by atoms with E-state index in [2.05, 4.69) is 22.5 Å². The molecule has 0 heterocycles. The van der Waals surface area contributed by atoms with Crippen molar-refractivity contribution in [3.05, 3.63) is 12.8 Å². The molecular formula is C21H31N3O9. The van der Waals surface area contributed by atoms with Gasteiger partial charge in [-0.25, -0.2) is 9.59 Å². The van der Waals surface area contributed by atoms with Gasteiger partial charge >= 0.3 is 18.0 Å². The van der Waals surface area contributed by atoms with Crippen LogP contribution >= 0.6 is 0 Å². The Morgan fingerprint density at radius 1 is 1.12 bits per heavy atom. The van der Waals surface area contributed by atoms with Gasteiger partial charge in [0.25, 0.3) is 0 Å². The van der Waals surface area contributed by atoms with Crippen LogP contribution in [0.2, 0.25) is 0 Å². The van der Waals surface area contributed by atoms with Gasteiger partial charge in [-0.15, -0.1) is 0 Å². The van der Waals surface area contributed by atoms with E-state index in [1.807, 2.05) is 0 Å². The molecule has 5 atom stereocenters. The molecule has 0 aromatic carbocycles. The number of fused-ring (bicyclic) bond motifs is 1. The summed E-state index contributed by atoms with van der Waals surface area (Å²) in [4.78, 5) is 61.1. The third kappa shape index (κ3) is 6.21. The molecule has 0 aliphatic heterocycles. The fourth-order valence-electron chi connectivity index (χ4n) is 4.18. The van der Waals surface area contributed by atoms with Crippen molar-refractivity contribution in [1.29, 1.82) is 0 Å². The van der Waals surface area contributed by atoms with Gasteiger partial charge in [0.15, 0.2) is 0 Å². The van der Waals surface area contributed by atoms with E-state index in [1.54, 1.807) is 27.7 Å². The first-order chi connectivity index (χ1) is 15.4. The second kappa shape index (κ2) is 10.2. The minimum absolute atomic E-state index is 0.0266. The van der Waals surface area contributed by atoms with Crippen LogP contribution in [0, 0.1) is 17.8 Å². The maximum Gasteiger partial charge on any atom is 0.408 e. The molecule has 12 nitrogen and oxygen atoms in total. The van der Waals surface area contributed by atoms with E-state index >= 15 is 0 Å². The number of hydrogen-bond acceptors (Lipinski definition) is 9. The number of aliphatic hydroxyl groups excluding tert-OH is 1. The lowest BCUT2D eigenvalue weighted by Gasteiger charge is -2.31. The van der Waals surface area contributed by atoms with E-state index in [0.717, 1.165) is 6.26 Å². The summed E-state index contributed by atoms with van der Waals surface area (Å²) < 4.78 is 14.9. The number of esters is 2. The number of aliphatic hydroxyl groups is 1. The molecule has 3 amide bonds. The van der Waals surface area contributed by atoms with Crippen molar-refractivity contribution in [3.63, 3.8) is 0 Å². The molecule has 0 aromatic heterocycles. The largest absolute Gasteiger partial charge is 0.464 e. The van der Waals surface area contributed by atoms with Gasteiger partial charge in [-0.3, -0.25) is 14.4 Å². The summed E-state index contributed by atoms with van der Waals surface area (Å²) >= 11 is 0. The lowest BCUT2D eigenvalue weighted by atomic mass is 9.89. The summed E-state index contributed by atoms with van der Waals surface area (Å²) in [6.45, 7) is 9.00. The Bertz CT molecular complexity index is 822. The summed E-state index contributed by atoms with van der Waals surface area (Å²) in [5.41, 5.74) is -2.37. The highest BCUT2D eigenvalue weighted by Crippen LogP contribution is 2.63. The van der Waals surface area contributed by atoms with Crippen LogP contribution in [0.1, 0.15) is 34.1 Å². The Hall–Kier alpha value is -3.15. The summed E-state index contributed by atoms with van der Waals surface area (Å²) in [6.07, 6.45) is -1.01. The number of amides is 3. The van der Waals surface area contributed by atoms with Gasteiger partial charge in [-0.05, 0) is 27.7 Å². The Balaban J connectivity index is 1.98. The van der Waals surface area contributed by atoms with E-state index in [-0.39, 0.29) is 13.0 Å². The molecule has 0 bridgehead atoms. The van der Waals surface area contributed by atoms with Crippen LogP contribution < -0.4 is 16.0 Å². The molecule has 184 valence electrons. The van der Waals surface area contributed by atoms with Crippen molar-refractivity contribution < 1.29 is 43.3 Å². The average molecular weight is 469 g/mol. The highest BCUT2D eigenvalue weighted by molar-refractivity contribution is 5.94. The van der Waals surface area contributed by atoms with Gasteiger partial charge in [-0.2, -0.15) is 0 Å². The molecule has 0 saturated heterocycles. The topological polar surface area (TPSA) is 169 Å². The molecule has 2 saturated carbocycles. The fourth-order valence-corrected chi connectivity index (χ4v) is 4.18. The first-order valence-corrected chi connectivity index (χ1v) is 10.6. The smallest absolute Gasteiger partial charge is 0.408 e. The number of hydrogen-bond donors (Lipinski definition) is 4. The van der Waals surface area contributed by atoms with Crippen molar-refractivity contribution in [2.24, 2.45) is 17.8 Å².